The first-order valence-corrected chi connectivity index (χ1v) is 11.6. The molecule has 1 heterocycles. The average Bonchev–Trinajstić information content (AvgIpc) is 3.46. The number of hydrogen-bond donors (Lipinski definition) is 2. The van der Waals surface area contributed by atoms with Gasteiger partial charge in [0.15, 0.2) is 0 Å². The highest BCUT2D eigenvalue weighted by Gasteiger charge is 2.30. The van der Waals surface area contributed by atoms with Crippen molar-refractivity contribution in [3.63, 3.8) is 0 Å². The summed E-state index contributed by atoms with van der Waals surface area (Å²) in [7, 11) is 5.03. The molecule has 0 aliphatic heterocycles. The van der Waals surface area contributed by atoms with Crippen LogP contribution in [0.4, 0.5) is 0 Å². The third kappa shape index (κ3) is 4.60. The van der Waals surface area contributed by atoms with Gasteiger partial charge in [-0.1, -0.05) is 18.9 Å². The molecule has 2 N–H and O–H groups in total. The van der Waals surface area contributed by atoms with Crippen LogP contribution in [0.5, 0.6) is 11.5 Å². The molecule has 1 aliphatic rings. The monoisotopic (exact) mass is 468 g/mol. The summed E-state index contributed by atoms with van der Waals surface area (Å²) in [6.07, 6.45) is 2.97. The topological polar surface area (TPSA) is 103 Å². The Balaban J connectivity index is 1.72. The Hall–Kier alpha value is -3.10. The summed E-state index contributed by atoms with van der Waals surface area (Å²) in [5, 5.41) is 21.0. The molecule has 1 aromatic heterocycles. The van der Waals surface area contributed by atoms with E-state index >= 15 is 0 Å². The van der Waals surface area contributed by atoms with Crippen LogP contribution in [0.2, 0.25) is 0 Å². The molecule has 3 aromatic rings. The maximum Gasteiger partial charge on any atom is 0.337 e. The van der Waals surface area contributed by atoms with Gasteiger partial charge in [0.1, 0.15) is 28.9 Å². The Morgan fingerprint density at radius 1 is 1.18 bits per heavy atom. The van der Waals surface area contributed by atoms with Crippen LogP contribution in [0.25, 0.3) is 11.0 Å². The molecule has 0 spiro atoms. The lowest BCUT2D eigenvalue weighted by Crippen LogP contribution is -2.30. The normalized spacial score (nSPS) is 16.0. The van der Waals surface area contributed by atoms with Crippen LogP contribution >= 0.6 is 0 Å². The number of carboxylic acids is 1. The molecular formula is C26H32N2O6. The van der Waals surface area contributed by atoms with Gasteiger partial charge in [-0.3, -0.25) is 0 Å². The zero-order valence-electron chi connectivity index (χ0n) is 20.1. The number of fused-ring (bicyclic) bond motifs is 1. The molecular weight excluding hydrogens is 436 g/mol. The van der Waals surface area contributed by atoms with Gasteiger partial charge in [-0.25, -0.2) is 9.78 Å². The number of nitrogens with zero attached hydrogens (tertiary/aromatic N) is 2. The molecule has 4 rings (SSSR count). The van der Waals surface area contributed by atoms with Gasteiger partial charge >= 0.3 is 5.97 Å². The second-order valence-electron chi connectivity index (χ2n) is 8.85. The minimum absolute atomic E-state index is 0.0677. The fraction of sp³-hybridized carbons (Fsp3) is 0.462. The third-order valence-electron chi connectivity index (χ3n) is 6.76. The lowest BCUT2D eigenvalue weighted by molar-refractivity contribution is -0.0763. The minimum atomic E-state index is -1.02. The maximum atomic E-state index is 11.7. The number of hydrogen-bond acceptors (Lipinski definition) is 6. The SMILES string of the molecule is COc1cc(C(O)C(Cc2nc3c(C(=O)O)cccc3n2C)OC2CCCC2)cc(OC)c1C. The summed E-state index contributed by atoms with van der Waals surface area (Å²) in [4.78, 5) is 16.3. The maximum absolute atomic E-state index is 11.7. The largest absolute Gasteiger partial charge is 0.496 e. The first-order valence-electron chi connectivity index (χ1n) is 11.6. The molecule has 8 heteroatoms. The van der Waals surface area contributed by atoms with Crippen molar-refractivity contribution in [2.45, 2.75) is 57.3 Å². The number of methoxy groups -OCH3 is 2. The Morgan fingerprint density at radius 2 is 1.82 bits per heavy atom. The lowest BCUT2D eigenvalue weighted by Gasteiger charge is -2.27. The van der Waals surface area contributed by atoms with Gasteiger partial charge in [0, 0.05) is 19.0 Å². The van der Waals surface area contributed by atoms with Crippen LogP contribution in [0.3, 0.4) is 0 Å². The number of aryl methyl sites for hydroxylation is 1. The number of aliphatic hydroxyl groups excluding tert-OH is 1. The van der Waals surface area contributed by atoms with E-state index < -0.39 is 18.2 Å². The molecule has 34 heavy (non-hydrogen) atoms. The van der Waals surface area contributed by atoms with Crippen LogP contribution in [-0.2, 0) is 18.2 Å². The van der Waals surface area contributed by atoms with Crippen molar-refractivity contribution in [2.24, 2.45) is 7.05 Å². The predicted molar refractivity (Wildman–Crippen MR) is 128 cm³/mol. The van der Waals surface area contributed by atoms with E-state index in [9.17, 15) is 15.0 Å². The molecule has 1 aliphatic carbocycles. The van der Waals surface area contributed by atoms with E-state index in [0.717, 1.165) is 36.8 Å². The minimum Gasteiger partial charge on any atom is -0.496 e. The summed E-state index contributed by atoms with van der Waals surface area (Å²) in [5.74, 6) is 0.883. The first-order chi connectivity index (χ1) is 16.3. The van der Waals surface area contributed by atoms with E-state index in [-0.39, 0.29) is 11.7 Å². The van der Waals surface area contributed by atoms with E-state index in [1.807, 2.05) is 36.7 Å². The average molecular weight is 469 g/mol. The smallest absolute Gasteiger partial charge is 0.337 e. The Labute approximate surface area is 199 Å². The summed E-state index contributed by atoms with van der Waals surface area (Å²) in [5.41, 5.74) is 2.79. The van der Waals surface area contributed by atoms with Crippen LogP contribution in [0.15, 0.2) is 30.3 Å². The van der Waals surface area contributed by atoms with Crippen molar-refractivity contribution in [1.82, 2.24) is 9.55 Å². The Bertz CT molecular complexity index is 1160. The van der Waals surface area contributed by atoms with Crippen LogP contribution < -0.4 is 9.47 Å². The second-order valence-corrected chi connectivity index (χ2v) is 8.85. The zero-order chi connectivity index (χ0) is 24.4. The number of rotatable bonds is 9. The number of aromatic nitrogens is 2. The standard InChI is InChI=1S/C26H32N2O6/c1-15-20(32-3)12-16(13-21(15)33-4)25(29)22(34-17-8-5-6-9-17)14-23-27-24-18(26(30)31)10-7-11-19(24)28(23)2/h7,10-13,17,22,25,29H,5-6,8-9,14H2,1-4H3,(H,30,31). The molecule has 0 bridgehead atoms. The van der Waals surface area contributed by atoms with Crippen molar-refractivity contribution < 1.29 is 29.2 Å². The van der Waals surface area contributed by atoms with E-state index in [1.165, 1.54) is 0 Å². The summed E-state index contributed by atoms with van der Waals surface area (Å²) in [6.45, 7) is 1.90. The van der Waals surface area contributed by atoms with Gasteiger partial charge in [0.05, 0.1) is 37.5 Å². The number of carboxylic acid groups (broad SMARTS) is 1. The molecule has 1 fully saturated rings. The Kier molecular flexibility index (Phi) is 7.09. The second kappa shape index (κ2) is 10.0. The van der Waals surface area contributed by atoms with Crippen molar-refractivity contribution in [3.05, 3.63) is 52.8 Å². The van der Waals surface area contributed by atoms with Crippen molar-refractivity contribution >= 4 is 17.0 Å². The predicted octanol–water partition coefficient (Wildman–Crippen LogP) is 4.20. The van der Waals surface area contributed by atoms with E-state index in [1.54, 1.807) is 26.4 Å². The van der Waals surface area contributed by atoms with E-state index in [0.29, 0.717) is 34.8 Å². The van der Waals surface area contributed by atoms with Crippen molar-refractivity contribution in [3.8, 4) is 11.5 Å². The van der Waals surface area contributed by atoms with E-state index in [2.05, 4.69) is 4.98 Å². The molecule has 1 saturated carbocycles. The van der Waals surface area contributed by atoms with Gasteiger partial charge in [-0.15, -0.1) is 0 Å². The van der Waals surface area contributed by atoms with E-state index in [4.69, 9.17) is 14.2 Å². The van der Waals surface area contributed by atoms with Gasteiger partial charge in [0.2, 0.25) is 0 Å². The van der Waals surface area contributed by atoms with Gasteiger partial charge in [0.25, 0.3) is 0 Å². The molecule has 8 nitrogen and oxygen atoms in total. The van der Waals surface area contributed by atoms with Crippen LogP contribution in [0, 0.1) is 6.92 Å². The van der Waals surface area contributed by atoms with Crippen molar-refractivity contribution in [2.75, 3.05) is 14.2 Å². The fourth-order valence-corrected chi connectivity index (χ4v) is 4.80. The third-order valence-corrected chi connectivity index (χ3v) is 6.76. The first kappa shape index (κ1) is 24.0. The molecule has 0 saturated heterocycles. The molecule has 2 aromatic carbocycles. The van der Waals surface area contributed by atoms with Crippen LogP contribution in [-0.4, -0.2) is 52.2 Å². The fourth-order valence-electron chi connectivity index (χ4n) is 4.80. The number of benzene rings is 2. The molecule has 0 amide bonds. The van der Waals surface area contributed by atoms with Gasteiger partial charge in [-0.05, 0) is 49.6 Å². The van der Waals surface area contributed by atoms with Gasteiger partial charge in [-0.2, -0.15) is 0 Å². The highest BCUT2D eigenvalue weighted by molar-refractivity contribution is 6.01. The lowest BCUT2D eigenvalue weighted by atomic mass is 9.98. The number of ether oxygens (including phenoxy) is 3. The summed E-state index contributed by atoms with van der Waals surface area (Å²) < 4.78 is 19.3. The highest BCUT2D eigenvalue weighted by Crippen LogP contribution is 2.35. The number of aromatic carboxylic acids is 1. The number of aliphatic hydroxyl groups is 1. The van der Waals surface area contributed by atoms with Gasteiger partial charge < -0.3 is 29.0 Å². The molecule has 2 atom stereocenters. The molecule has 182 valence electrons. The summed E-state index contributed by atoms with van der Waals surface area (Å²) in [6, 6.07) is 8.73. The molecule has 2 unspecified atom stereocenters. The van der Waals surface area contributed by atoms with Crippen molar-refractivity contribution in [1.29, 1.82) is 0 Å². The number of imidazole rings is 1. The molecule has 0 radical (unpaired) electrons. The van der Waals surface area contributed by atoms with Crippen LogP contribution in [0.1, 0.15) is 59.1 Å². The summed E-state index contributed by atoms with van der Waals surface area (Å²) >= 11 is 0. The Morgan fingerprint density at radius 3 is 2.41 bits per heavy atom. The highest BCUT2D eigenvalue weighted by atomic mass is 16.5. The zero-order valence-corrected chi connectivity index (χ0v) is 20.1. The quantitative estimate of drug-likeness (QED) is 0.485. The number of para-hydroxylation sites is 1. The number of carbonyl (C=O) groups is 1.